The van der Waals surface area contributed by atoms with Gasteiger partial charge in [-0.2, -0.15) is 0 Å². The zero-order valence-electron chi connectivity index (χ0n) is 16.4. The van der Waals surface area contributed by atoms with Gasteiger partial charge in [0.05, 0.1) is 24.2 Å². The van der Waals surface area contributed by atoms with Gasteiger partial charge in [0, 0.05) is 11.7 Å². The first-order valence-corrected chi connectivity index (χ1v) is 8.78. The largest absolute Gasteiger partial charge is 0.490 e. The predicted molar refractivity (Wildman–Crippen MR) is 104 cm³/mol. The molecule has 2 heterocycles. The molecule has 3 N–H and O–H groups in total. The Morgan fingerprint density at radius 1 is 1.26 bits per heavy atom. The van der Waals surface area contributed by atoms with Gasteiger partial charge in [-0.1, -0.05) is 13.8 Å². The quantitative estimate of drug-likeness (QED) is 0.766. The van der Waals surface area contributed by atoms with E-state index in [2.05, 4.69) is 38.9 Å². The summed E-state index contributed by atoms with van der Waals surface area (Å²) in [6, 6.07) is 5.37. The number of methoxy groups -OCH3 is 1. The molecule has 0 saturated carbocycles. The Kier molecular flexibility index (Phi) is 6.68. The van der Waals surface area contributed by atoms with Crippen LogP contribution in [0, 0.1) is 12.8 Å². The molecule has 0 bridgehead atoms. The number of carbonyl (C=O) groups is 1. The molecule has 8 heteroatoms. The molecule has 0 aliphatic rings. The fraction of sp³-hybridized carbons (Fsp3) is 0.474. The van der Waals surface area contributed by atoms with Gasteiger partial charge in [-0.15, -0.1) is 0 Å². The summed E-state index contributed by atoms with van der Waals surface area (Å²) >= 11 is 0. The number of amides is 1. The molecule has 0 aromatic carbocycles. The van der Waals surface area contributed by atoms with Crippen molar-refractivity contribution in [1.29, 1.82) is 0 Å². The molecular weight excluding hydrogens is 346 g/mol. The third-order valence-corrected chi connectivity index (χ3v) is 3.79. The number of nitrogens with two attached hydrogens (primary N) is 1. The average Bonchev–Trinajstić information content (AvgIpc) is 2.59. The molecule has 8 nitrogen and oxygen atoms in total. The van der Waals surface area contributed by atoms with Gasteiger partial charge in [0.25, 0.3) is 0 Å². The Hall–Kier alpha value is -2.74. The second-order valence-corrected chi connectivity index (χ2v) is 7.20. The molecule has 2 aromatic heterocycles. The minimum Gasteiger partial charge on any atom is -0.490 e. The molecule has 2 aromatic rings. The summed E-state index contributed by atoms with van der Waals surface area (Å²) in [4.78, 5) is 24.1. The smallest absolute Gasteiger partial charge is 0.413 e. The number of aryl methyl sites for hydroxylation is 1. The normalized spacial score (nSPS) is 13.1. The van der Waals surface area contributed by atoms with Crippen LogP contribution >= 0.6 is 0 Å². The highest BCUT2D eigenvalue weighted by Crippen LogP contribution is 2.23. The summed E-state index contributed by atoms with van der Waals surface area (Å²) in [5.74, 6) is 1.32. The third kappa shape index (κ3) is 6.18. The van der Waals surface area contributed by atoms with Gasteiger partial charge < -0.3 is 15.2 Å². The monoisotopic (exact) mass is 373 g/mol. The molecular formula is C19H27N5O3. The van der Waals surface area contributed by atoms with E-state index >= 15 is 0 Å². The molecule has 1 amide bonds. The number of aromatic nitrogens is 3. The number of anilines is 1. The summed E-state index contributed by atoms with van der Waals surface area (Å²) in [6.07, 6.45) is 1.78. The number of nitrogens with zero attached hydrogens (tertiary/aromatic N) is 3. The number of hydrogen-bond donors (Lipinski definition) is 2. The van der Waals surface area contributed by atoms with Crippen molar-refractivity contribution in [3.8, 4) is 17.1 Å². The molecule has 1 unspecified atom stereocenters. The van der Waals surface area contributed by atoms with E-state index in [9.17, 15) is 4.79 Å². The molecule has 1 atom stereocenters. The number of carbonyl (C=O) groups excluding carboxylic acids is 1. The molecule has 0 aliphatic heterocycles. The highest BCUT2D eigenvalue weighted by atomic mass is 16.5. The van der Waals surface area contributed by atoms with Gasteiger partial charge >= 0.3 is 6.09 Å². The summed E-state index contributed by atoms with van der Waals surface area (Å²) in [6.45, 7) is 8.54. The van der Waals surface area contributed by atoms with Crippen LogP contribution in [0.1, 0.15) is 32.9 Å². The first-order valence-electron chi connectivity index (χ1n) is 8.78. The Morgan fingerprint density at radius 3 is 2.59 bits per heavy atom. The van der Waals surface area contributed by atoms with Gasteiger partial charge in [-0.3, -0.25) is 5.32 Å². The second-order valence-electron chi connectivity index (χ2n) is 7.20. The molecule has 146 valence electrons. The Labute approximate surface area is 159 Å². The standard InChI is InChI=1S/C19H27N5O3/c1-12(2)10-19(4,20)11-27-16-7-6-14(22-13(16)3)15-8-9-21-17(23-15)24-18(25)26-5/h6-9,12H,10-11,20H2,1-5H3,(H,21,23,24,25). The third-order valence-electron chi connectivity index (χ3n) is 3.79. The van der Waals surface area contributed by atoms with Crippen LogP contribution in [0.5, 0.6) is 5.75 Å². The minimum atomic E-state index is -0.633. The topological polar surface area (TPSA) is 112 Å². The second kappa shape index (κ2) is 8.77. The van der Waals surface area contributed by atoms with Crippen molar-refractivity contribution in [2.24, 2.45) is 11.7 Å². The van der Waals surface area contributed by atoms with Crippen LogP contribution in [0.4, 0.5) is 10.7 Å². The van der Waals surface area contributed by atoms with Crippen LogP contribution in [0.3, 0.4) is 0 Å². The van der Waals surface area contributed by atoms with Gasteiger partial charge in [-0.05, 0) is 44.4 Å². The first-order chi connectivity index (χ1) is 12.7. The minimum absolute atomic E-state index is 0.145. The van der Waals surface area contributed by atoms with E-state index in [1.807, 2.05) is 26.0 Å². The van der Waals surface area contributed by atoms with E-state index in [-0.39, 0.29) is 5.95 Å². The van der Waals surface area contributed by atoms with Crippen molar-refractivity contribution in [1.82, 2.24) is 15.0 Å². The number of ether oxygens (including phenoxy) is 2. The van der Waals surface area contributed by atoms with E-state index in [0.717, 1.165) is 12.1 Å². The number of hydrogen-bond acceptors (Lipinski definition) is 7. The van der Waals surface area contributed by atoms with Crippen molar-refractivity contribution < 1.29 is 14.3 Å². The van der Waals surface area contributed by atoms with Crippen LogP contribution in [0.25, 0.3) is 11.4 Å². The lowest BCUT2D eigenvalue weighted by atomic mass is 9.93. The Balaban J connectivity index is 2.12. The van der Waals surface area contributed by atoms with Crippen molar-refractivity contribution >= 4 is 12.0 Å². The Morgan fingerprint density at radius 2 is 1.96 bits per heavy atom. The Bertz CT molecular complexity index is 793. The van der Waals surface area contributed by atoms with Crippen LogP contribution in [0.15, 0.2) is 24.4 Å². The van der Waals surface area contributed by atoms with Gasteiger partial charge in [-0.25, -0.2) is 19.7 Å². The fourth-order valence-corrected chi connectivity index (χ4v) is 2.78. The average molecular weight is 373 g/mol. The lowest BCUT2D eigenvalue weighted by Gasteiger charge is -2.26. The highest BCUT2D eigenvalue weighted by molar-refractivity contribution is 5.82. The maximum atomic E-state index is 11.3. The predicted octanol–water partition coefficient (Wildman–Crippen LogP) is 3.17. The number of nitrogens with one attached hydrogen (secondary N) is 1. The summed E-state index contributed by atoms with van der Waals surface area (Å²) < 4.78 is 10.4. The van der Waals surface area contributed by atoms with Crippen molar-refractivity contribution in [3.05, 3.63) is 30.1 Å². The van der Waals surface area contributed by atoms with E-state index in [1.165, 1.54) is 7.11 Å². The highest BCUT2D eigenvalue weighted by Gasteiger charge is 2.21. The van der Waals surface area contributed by atoms with Crippen LogP contribution in [-0.4, -0.2) is 40.3 Å². The van der Waals surface area contributed by atoms with Gasteiger partial charge in [0.15, 0.2) is 0 Å². The van der Waals surface area contributed by atoms with E-state index in [1.54, 1.807) is 12.3 Å². The zero-order chi connectivity index (χ0) is 20.0. The van der Waals surface area contributed by atoms with E-state index < -0.39 is 11.6 Å². The summed E-state index contributed by atoms with van der Waals surface area (Å²) in [7, 11) is 1.27. The van der Waals surface area contributed by atoms with E-state index in [4.69, 9.17) is 10.5 Å². The lowest BCUT2D eigenvalue weighted by Crippen LogP contribution is -2.43. The lowest BCUT2D eigenvalue weighted by molar-refractivity contribution is 0.186. The van der Waals surface area contributed by atoms with Gasteiger partial charge in [0.1, 0.15) is 12.4 Å². The molecule has 0 spiro atoms. The van der Waals surface area contributed by atoms with Crippen LogP contribution < -0.4 is 15.8 Å². The van der Waals surface area contributed by atoms with Crippen LogP contribution in [-0.2, 0) is 4.74 Å². The number of pyridine rings is 1. The molecule has 0 saturated heterocycles. The van der Waals surface area contributed by atoms with Crippen molar-refractivity contribution in [3.63, 3.8) is 0 Å². The van der Waals surface area contributed by atoms with Crippen LogP contribution in [0.2, 0.25) is 0 Å². The van der Waals surface area contributed by atoms with Crippen molar-refractivity contribution in [2.75, 3.05) is 19.0 Å². The van der Waals surface area contributed by atoms with Crippen molar-refractivity contribution in [2.45, 2.75) is 39.7 Å². The molecule has 0 aliphatic carbocycles. The number of rotatable bonds is 7. The summed E-state index contributed by atoms with van der Waals surface area (Å²) in [5, 5.41) is 2.43. The maximum absolute atomic E-state index is 11.3. The zero-order valence-corrected chi connectivity index (χ0v) is 16.4. The van der Waals surface area contributed by atoms with Gasteiger partial charge in [0.2, 0.25) is 5.95 Å². The van der Waals surface area contributed by atoms with E-state index in [0.29, 0.717) is 29.7 Å². The fourth-order valence-electron chi connectivity index (χ4n) is 2.78. The molecule has 0 fully saturated rings. The maximum Gasteiger partial charge on any atom is 0.413 e. The molecule has 2 rings (SSSR count). The SMILES string of the molecule is COC(=O)Nc1nccc(-c2ccc(OCC(C)(N)CC(C)C)c(C)n2)n1. The first kappa shape index (κ1) is 20.6. The summed E-state index contributed by atoms with van der Waals surface area (Å²) in [5.41, 5.74) is 7.85. The molecule has 0 radical (unpaired) electrons. The molecule has 27 heavy (non-hydrogen) atoms.